The predicted molar refractivity (Wildman–Crippen MR) is 136 cm³/mol. The summed E-state index contributed by atoms with van der Waals surface area (Å²) in [6.07, 6.45) is 5.02. The summed E-state index contributed by atoms with van der Waals surface area (Å²) < 4.78 is 1.89. The first-order chi connectivity index (χ1) is 17.3. The summed E-state index contributed by atoms with van der Waals surface area (Å²) >= 11 is 0. The first-order valence-corrected chi connectivity index (χ1v) is 12.1. The Morgan fingerprint density at radius 3 is 2.44 bits per heavy atom. The van der Waals surface area contributed by atoms with Crippen molar-refractivity contribution in [2.45, 2.75) is 33.2 Å². The summed E-state index contributed by atoms with van der Waals surface area (Å²) in [6.45, 7) is 4.34. The molecule has 3 aromatic rings. The lowest BCUT2D eigenvalue weighted by Crippen LogP contribution is -2.59. The lowest BCUT2D eigenvalue weighted by atomic mass is 9.80. The van der Waals surface area contributed by atoms with Crippen LogP contribution in [-0.2, 0) is 16.1 Å². The van der Waals surface area contributed by atoms with Gasteiger partial charge in [0.2, 0.25) is 11.8 Å². The van der Waals surface area contributed by atoms with E-state index < -0.39 is 0 Å². The van der Waals surface area contributed by atoms with Gasteiger partial charge >= 0.3 is 0 Å². The standard InChI is InChI=1S/C28H29N5O3/c1-18-25(19(2)32(29-18)21-11-5-4-6-12-21)17-31(3)27(35)20-10-9-13-22(16-20)33-28(36)24-15-8-7-14-23(24)26(34)30-33/h4-13,16,23-24H,14-15,17H2,1-3H3,(H,30,34)/t23-,24+/m0/s1. The van der Waals surface area contributed by atoms with Crippen molar-refractivity contribution < 1.29 is 14.4 Å². The van der Waals surface area contributed by atoms with E-state index in [1.54, 1.807) is 36.2 Å². The molecule has 2 atom stereocenters. The maximum Gasteiger partial charge on any atom is 0.253 e. The van der Waals surface area contributed by atoms with Gasteiger partial charge in [-0.3, -0.25) is 19.8 Å². The van der Waals surface area contributed by atoms with Crippen molar-refractivity contribution in [3.8, 4) is 5.69 Å². The van der Waals surface area contributed by atoms with Gasteiger partial charge in [-0.2, -0.15) is 5.10 Å². The number of carbonyl (C=O) groups is 3. The summed E-state index contributed by atoms with van der Waals surface area (Å²) in [6, 6.07) is 16.7. The number of carbonyl (C=O) groups excluding carboxylic acids is 3. The molecule has 184 valence electrons. The van der Waals surface area contributed by atoms with E-state index in [2.05, 4.69) is 10.5 Å². The largest absolute Gasteiger partial charge is 0.337 e. The summed E-state index contributed by atoms with van der Waals surface area (Å²) in [5.74, 6) is -1.21. The summed E-state index contributed by atoms with van der Waals surface area (Å²) in [7, 11) is 1.75. The quantitative estimate of drug-likeness (QED) is 0.561. The Hall–Kier alpha value is -4.20. The van der Waals surface area contributed by atoms with E-state index in [1.807, 2.05) is 61.0 Å². The molecule has 36 heavy (non-hydrogen) atoms. The van der Waals surface area contributed by atoms with Crippen molar-refractivity contribution in [2.24, 2.45) is 11.8 Å². The molecule has 2 aromatic carbocycles. The first kappa shape index (κ1) is 23.5. The lowest BCUT2D eigenvalue weighted by Gasteiger charge is -2.38. The minimum atomic E-state index is -0.377. The van der Waals surface area contributed by atoms with Crippen molar-refractivity contribution >= 4 is 23.4 Å². The fourth-order valence-corrected chi connectivity index (χ4v) is 5.01. The molecule has 2 aliphatic rings. The number of hydrogen-bond donors (Lipinski definition) is 1. The Balaban J connectivity index is 1.35. The average molecular weight is 484 g/mol. The van der Waals surface area contributed by atoms with Crippen LogP contribution in [0.2, 0.25) is 0 Å². The molecule has 5 rings (SSSR count). The van der Waals surface area contributed by atoms with Crippen molar-refractivity contribution in [1.82, 2.24) is 20.1 Å². The molecule has 8 heteroatoms. The highest BCUT2D eigenvalue weighted by molar-refractivity contribution is 6.05. The highest BCUT2D eigenvalue weighted by atomic mass is 16.2. The molecule has 0 saturated carbocycles. The van der Waals surface area contributed by atoms with Crippen LogP contribution in [0.3, 0.4) is 0 Å². The van der Waals surface area contributed by atoms with Crippen LogP contribution < -0.4 is 10.4 Å². The van der Waals surface area contributed by atoms with Gasteiger partial charge in [0.1, 0.15) is 0 Å². The number of hydrogen-bond acceptors (Lipinski definition) is 4. The van der Waals surface area contributed by atoms with Crippen LogP contribution in [0, 0.1) is 25.7 Å². The van der Waals surface area contributed by atoms with Gasteiger partial charge in [-0.15, -0.1) is 0 Å². The molecule has 1 fully saturated rings. The lowest BCUT2D eigenvalue weighted by molar-refractivity contribution is -0.139. The van der Waals surface area contributed by atoms with Gasteiger partial charge in [-0.1, -0.05) is 36.4 Å². The third-order valence-corrected chi connectivity index (χ3v) is 7.06. The van der Waals surface area contributed by atoms with E-state index >= 15 is 0 Å². The Morgan fingerprint density at radius 2 is 1.69 bits per heavy atom. The Bertz CT molecular complexity index is 1360. The Labute approximate surface area is 210 Å². The van der Waals surface area contributed by atoms with E-state index in [-0.39, 0.29) is 29.6 Å². The van der Waals surface area contributed by atoms with Crippen LogP contribution in [0.25, 0.3) is 5.69 Å². The molecule has 8 nitrogen and oxygen atoms in total. The zero-order chi connectivity index (χ0) is 25.4. The molecular formula is C28H29N5O3. The Kier molecular flexibility index (Phi) is 6.18. The number of aromatic nitrogens is 2. The fraction of sp³-hybridized carbons (Fsp3) is 0.286. The zero-order valence-corrected chi connectivity index (χ0v) is 20.6. The SMILES string of the molecule is Cc1nn(-c2ccccc2)c(C)c1CN(C)C(=O)c1cccc(N2NC(=O)[C@H]3CC=CC[C@H]3C2=O)c1. The number of rotatable bonds is 5. The van der Waals surface area contributed by atoms with Crippen LogP contribution in [0.1, 0.15) is 40.2 Å². The molecule has 1 aliphatic carbocycles. The maximum atomic E-state index is 13.4. The van der Waals surface area contributed by atoms with Gasteiger partial charge in [-0.05, 0) is 57.0 Å². The molecule has 0 radical (unpaired) electrons. The molecule has 0 bridgehead atoms. The second kappa shape index (κ2) is 9.45. The van der Waals surface area contributed by atoms with E-state index in [4.69, 9.17) is 0 Å². The number of benzene rings is 2. The Morgan fingerprint density at radius 1 is 1.00 bits per heavy atom. The third kappa shape index (κ3) is 4.19. The van der Waals surface area contributed by atoms with Crippen LogP contribution >= 0.6 is 0 Å². The average Bonchev–Trinajstić information content (AvgIpc) is 3.19. The smallest absolute Gasteiger partial charge is 0.253 e. The number of hydrazine groups is 1. The van der Waals surface area contributed by atoms with Crippen molar-refractivity contribution in [2.75, 3.05) is 12.1 Å². The third-order valence-electron chi connectivity index (χ3n) is 7.06. The van der Waals surface area contributed by atoms with Crippen LogP contribution in [0.5, 0.6) is 0 Å². The minimum absolute atomic E-state index is 0.151. The highest BCUT2D eigenvalue weighted by Crippen LogP contribution is 2.32. The van der Waals surface area contributed by atoms with Crippen LogP contribution in [0.15, 0.2) is 66.7 Å². The van der Waals surface area contributed by atoms with Crippen LogP contribution in [0.4, 0.5) is 5.69 Å². The molecule has 1 saturated heterocycles. The monoisotopic (exact) mass is 483 g/mol. The molecular weight excluding hydrogens is 454 g/mol. The second-order valence-electron chi connectivity index (χ2n) is 9.41. The fourth-order valence-electron chi connectivity index (χ4n) is 5.01. The molecule has 2 heterocycles. The predicted octanol–water partition coefficient (Wildman–Crippen LogP) is 3.72. The first-order valence-electron chi connectivity index (χ1n) is 12.1. The van der Waals surface area contributed by atoms with Gasteiger partial charge < -0.3 is 4.90 Å². The maximum absolute atomic E-state index is 13.4. The van der Waals surface area contributed by atoms with E-state index in [0.29, 0.717) is 30.6 Å². The number of nitrogens with zero attached hydrogens (tertiary/aromatic N) is 4. The van der Waals surface area contributed by atoms with Crippen molar-refractivity contribution in [3.63, 3.8) is 0 Å². The second-order valence-corrected chi connectivity index (χ2v) is 9.41. The number of fused-ring (bicyclic) bond motifs is 1. The molecule has 0 spiro atoms. The number of allylic oxidation sites excluding steroid dienone is 2. The normalized spacial score (nSPS) is 19.1. The minimum Gasteiger partial charge on any atom is -0.337 e. The number of nitrogens with one attached hydrogen (secondary N) is 1. The number of anilines is 1. The number of amides is 3. The van der Waals surface area contributed by atoms with E-state index in [1.165, 1.54) is 5.01 Å². The van der Waals surface area contributed by atoms with E-state index in [9.17, 15) is 14.4 Å². The van der Waals surface area contributed by atoms with Gasteiger partial charge in [0.05, 0.1) is 28.9 Å². The van der Waals surface area contributed by atoms with Crippen molar-refractivity contribution in [1.29, 1.82) is 0 Å². The van der Waals surface area contributed by atoms with Gasteiger partial charge in [0, 0.05) is 30.4 Å². The topological polar surface area (TPSA) is 87.5 Å². The number of para-hydroxylation sites is 1. The highest BCUT2D eigenvalue weighted by Gasteiger charge is 2.42. The molecule has 1 aromatic heterocycles. The summed E-state index contributed by atoms with van der Waals surface area (Å²) in [4.78, 5) is 40.8. The van der Waals surface area contributed by atoms with Gasteiger partial charge in [0.15, 0.2) is 0 Å². The van der Waals surface area contributed by atoms with E-state index in [0.717, 1.165) is 22.6 Å². The molecule has 1 N–H and O–H groups in total. The molecule has 3 amide bonds. The zero-order valence-electron chi connectivity index (χ0n) is 20.6. The van der Waals surface area contributed by atoms with Gasteiger partial charge in [-0.25, -0.2) is 9.69 Å². The summed E-state index contributed by atoms with van der Waals surface area (Å²) in [5, 5.41) is 5.97. The number of aryl methyl sites for hydroxylation is 1. The molecule has 1 aliphatic heterocycles. The van der Waals surface area contributed by atoms with Gasteiger partial charge in [0.25, 0.3) is 5.91 Å². The van der Waals surface area contributed by atoms with Crippen LogP contribution in [-0.4, -0.2) is 39.4 Å². The molecule has 0 unspecified atom stereocenters. The van der Waals surface area contributed by atoms with Crippen molar-refractivity contribution in [3.05, 3.63) is 89.3 Å². The summed E-state index contributed by atoms with van der Waals surface area (Å²) in [5.41, 5.74) is 7.43.